The van der Waals surface area contributed by atoms with Gasteiger partial charge in [0, 0.05) is 0 Å². The van der Waals surface area contributed by atoms with Crippen LogP contribution in [0, 0.1) is 5.92 Å². The summed E-state index contributed by atoms with van der Waals surface area (Å²) in [4.78, 5) is 0. The number of hydrogen-bond acceptors (Lipinski definition) is 0. The highest BCUT2D eigenvalue weighted by Gasteiger charge is 2.18. The van der Waals surface area contributed by atoms with Crippen molar-refractivity contribution in [2.75, 3.05) is 0 Å². The zero-order valence-electron chi connectivity index (χ0n) is 10.2. The Labute approximate surface area is 89.1 Å². The van der Waals surface area contributed by atoms with Gasteiger partial charge in [-0.1, -0.05) is 44.4 Å². The molecule has 0 nitrogen and oxygen atoms in total. The summed E-state index contributed by atoms with van der Waals surface area (Å²) in [5, 5.41) is 0. The summed E-state index contributed by atoms with van der Waals surface area (Å²) >= 11 is 0. The van der Waals surface area contributed by atoms with Crippen LogP contribution in [0.3, 0.4) is 0 Å². The molecule has 1 atom stereocenters. The summed E-state index contributed by atoms with van der Waals surface area (Å²) in [7, 11) is 0. The van der Waals surface area contributed by atoms with Gasteiger partial charge in [0.2, 0.25) is 0 Å². The second-order valence-electron chi connectivity index (χ2n) is 4.44. The van der Waals surface area contributed by atoms with Gasteiger partial charge in [0.15, 0.2) is 0 Å². The topological polar surface area (TPSA) is 0 Å². The first-order chi connectivity index (χ1) is 6.72. The van der Waals surface area contributed by atoms with Gasteiger partial charge < -0.3 is 0 Å². The van der Waals surface area contributed by atoms with E-state index in [1.807, 2.05) is 0 Å². The van der Waals surface area contributed by atoms with Crippen molar-refractivity contribution in [3.8, 4) is 0 Å². The largest absolute Gasteiger partial charge is 0.0695 e. The molecule has 14 heavy (non-hydrogen) atoms. The van der Waals surface area contributed by atoms with Crippen molar-refractivity contribution in [3.05, 3.63) is 22.8 Å². The molecule has 0 spiro atoms. The molecule has 0 heteroatoms. The Morgan fingerprint density at radius 2 is 2.00 bits per heavy atom. The van der Waals surface area contributed by atoms with Gasteiger partial charge in [0.05, 0.1) is 0 Å². The van der Waals surface area contributed by atoms with Gasteiger partial charge in [-0.25, -0.2) is 0 Å². The zero-order valence-corrected chi connectivity index (χ0v) is 10.2. The normalized spacial score (nSPS) is 22.6. The molecule has 0 aliphatic heterocycles. The summed E-state index contributed by atoms with van der Waals surface area (Å²) in [5.41, 5.74) is 4.93. The second kappa shape index (κ2) is 5.38. The predicted octanol–water partition coefficient (Wildman–Crippen LogP) is 4.87. The van der Waals surface area contributed by atoms with E-state index in [1.54, 1.807) is 16.7 Å². The van der Waals surface area contributed by atoms with E-state index in [4.69, 9.17) is 0 Å². The number of allylic oxidation sites excluding steroid dienone is 4. The fourth-order valence-electron chi connectivity index (χ4n) is 2.47. The van der Waals surface area contributed by atoms with Gasteiger partial charge in [-0.15, -0.1) is 0 Å². The van der Waals surface area contributed by atoms with E-state index in [1.165, 1.54) is 32.1 Å². The quantitative estimate of drug-likeness (QED) is 0.596. The minimum atomic E-state index is 0.838. The SMILES string of the molecule is CCCC1=CC(CC)=C(C)CC1CC. The van der Waals surface area contributed by atoms with E-state index in [-0.39, 0.29) is 0 Å². The molecule has 0 heterocycles. The summed E-state index contributed by atoms with van der Waals surface area (Å²) in [6.45, 7) is 9.18. The molecule has 0 aromatic rings. The van der Waals surface area contributed by atoms with E-state index in [2.05, 4.69) is 33.8 Å². The lowest BCUT2D eigenvalue weighted by Gasteiger charge is -2.25. The maximum Gasteiger partial charge on any atom is -0.0165 e. The predicted molar refractivity (Wildman–Crippen MR) is 64.4 cm³/mol. The monoisotopic (exact) mass is 192 g/mol. The molecule has 0 aromatic carbocycles. The molecule has 0 aromatic heterocycles. The van der Waals surface area contributed by atoms with Crippen molar-refractivity contribution in [2.45, 2.75) is 59.8 Å². The number of hydrogen-bond donors (Lipinski definition) is 0. The first kappa shape index (κ1) is 11.6. The molecule has 0 saturated heterocycles. The number of rotatable bonds is 4. The van der Waals surface area contributed by atoms with Crippen molar-refractivity contribution in [1.29, 1.82) is 0 Å². The molecular formula is C14H24. The molecular weight excluding hydrogens is 168 g/mol. The van der Waals surface area contributed by atoms with Crippen molar-refractivity contribution >= 4 is 0 Å². The van der Waals surface area contributed by atoms with Crippen molar-refractivity contribution in [3.63, 3.8) is 0 Å². The molecule has 1 unspecified atom stereocenters. The van der Waals surface area contributed by atoms with Crippen LogP contribution in [-0.4, -0.2) is 0 Å². The third-order valence-electron chi connectivity index (χ3n) is 3.40. The maximum absolute atomic E-state index is 2.48. The summed E-state index contributed by atoms with van der Waals surface area (Å²) < 4.78 is 0. The maximum atomic E-state index is 2.48. The van der Waals surface area contributed by atoms with Gasteiger partial charge in [0.1, 0.15) is 0 Å². The molecule has 0 radical (unpaired) electrons. The highest BCUT2D eigenvalue weighted by atomic mass is 14.2. The van der Waals surface area contributed by atoms with E-state index in [9.17, 15) is 0 Å². The Balaban J connectivity index is 2.84. The van der Waals surface area contributed by atoms with E-state index in [0.717, 1.165) is 5.92 Å². The first-order valence-corrected chi connectivity index (χ1v) is 6.11. The Bertz CT molecular complexity index is 243. The minimum Gasteiger partial charge on any atom is -0.0695 e. The van der Waals surface area contributed by atoms with Crippen molar-refractivity contribution < 1.29 is 0 Å². The van der Waals surface area contributed by atoms with Crippen molar-refractivity contribution in [2.24, 2.45) is 5.92 Å². The Kier molecular flexibility index (Phi) is 4.44. The lowest BCUT2D eigenvalue weighted by atomic mass is 9.80. The lowest BCUT2D eigenvalue weighted by molar-refractivity contribution is 0.546. The third kappa shape index (κ3) is 2.50. The molecule has 0 fully saturated rings. The van der Waals surface area contributed by atoms with Crippen molar-refractivity contribution in [1.82, 2.24) is 0 Å². The van der Waals surface area contributed by atoms with Crippen LogP contribution in [-0.2, 0) is 0 Å². The molecule has 0 amide bonds. The average Bonchev–Trinajstić information content (AvgIpc) is 2.20. The van der Waals surface area contributed by atoms with E-state index < -0.39 is 0 Å². The van der Waals surface area contributed by atoms with Crippen LogP contribution in [0.5, 0.6) is 0 Å². The molecule has 80 valence electrons. The molecule has 1 aliphatic rings. The molecule has 0 saturated carbocycles. The Hall–Kier alpha value is -0.520. The summed E-state index contributed by atoms with van der Waals surface area (Å²) in [6.07, 6.45) is 8.89. The highest BCUT2D eigenvalue weighted by Crippen LogP contribution is 2.34. The standard InChI is InChI=1S/C14H24/c1-5-8-14-10-12(6-2)11(4)9-13(14)7-3/h10,13H,5-9H2,1-4H3. The van der Waals surface area contributed by atoms with Crippen LogP contribution < -0.4 is 0 Å². The van der Waals surface area contributed by atoms with Crippen LogP contribution in [0.2, 0.25) is 0 Å². The van der Waals surface area contributed by atoms with E-state index >= 15 is 0 Å². The summed E-state index contributed by atoms with van der Waals surface area (Å²) in [5.74, 6) is 0.838. The van der Waals surface area contributed by atoms with Crippen LogP contribution in [0.25, 0.3) is 0 Å². The molecule has 0 bridgehead atoms. The smallest absolute Gasteiger partial charge is 0.0165 e. The van der Waals surface area contributed by atoms with Crippen LogP contribution in [0.1, 0.15) is 59.8 Å². The van der Waals surface area contributed by atoms with Crippen LogP contribution >= 0.6 is 0 Å². The zero-order chi connectivity index (χ0) is 10.6. The van der Waals surface area contributed by atoms with Gasteiger partial charge in [-0.3, -0.25) is 0 Å². The molecule has 1 aliphatic carbocycles. The molecule has 0 N–H and O–H groups in total. The summed E-state index contributed by atoms with van der Waals surface area (Å²) in [6, 6.07) is 0. The first-order valence-electron chi connectivity index (χ1n) is 6.11. The van der Waals surface area contributed by atoms with E-state index in [0.29, 0.717) is 0 Å². The molecule has 1 rings (SSSR count). The van der Waals surface area contributed by atoms with Gasteiger partial charge in [0.25, 0.3) is 0 Å². The van der Waals surface area contributed by atoms with Gasteiger partial charge in [-0.05, 0) is 44.1 Å². The average molecular weight is 192 g/mol. The fraction of sp³-hybridized carbons (Fsp3) is 0.714. The Morgan fingerprint density at radius 3 is 2.50 bits per heavy atom. The lowest BCUT2D eigenvalue weighted by Crippen LogP contribution is -2.10. The Morgan fingerprint density at radius 1 is 1.29 bits per heavy atom. The van der Waals surface area contributed by atoms with Gasteiger partial charge >= 0.3 is 0 Å². The third-order valence-corrected chi connectivity index (χ3v) is 3.40. The fourth-order valence-corrected chi connectivity index (χ4v) is 2.47. The van der Waals surface area contributed by atoms with Gasteiger partial charge in [-0.2, -0.15) is 0 Å². The minimum absolute atomic E-state index is 0.838. The van der Waals surface area contributed by atoms with Crippen LogP contribution in [0.4, 0.5) is 0 Å². The van der Waals surface area contributed by atoms with Crippen LogP contribution in [0.15, 0.2) is 22.8 Å². The second-order valence-corrected chi connectivity index (χ2v) is 4.44. The highest BCUT2D eigenvalue weighted by molar-refractivity contribution is 5.34.